The van der Waals surface area contributed by atoms with Gasteiger partial charge >= 0.3 is 0 Å². The molecule has 1 atom stereocenters. The number of carbonyl (C=O) groups excluding carboxylic acids is 2. The average molecular weight is 316 g/mol. The van der Waals surface area contributed by atoms with Crippen LogP contribution in [0.2, 0.25) is 0 Å². The summed E-state index contributed by atoms with van der Waals surface area (Å²) in [6.07, 6.45) is 3.38. The lowest BCUT2D eigenvalue weighted by atomic mass is 9.95. The molecule has 0 bridgehead atoms. The fraction of sp³-hybridized carbons (Fsp3) is 0.857. The molecule has 7 heteroatoms. The molecular weight excluding hydrogens is 292 g/mol. The van der Waals surface area contributed by atoms with Crippen LogP contribution in [0.25, 0.3) is 0 Å². The van der Waals surface area contributed by atoms with Crippen molar-refractivity contribution >= 4 is 21.7 Å². The maximum atomic E-state index is 12.8. The Morgan fingerprint density at radius 3 is 2.48 bits per heavy atom. The molecule has 120 valence electrons. The molecule has 1 spiro atoms. The highest BCUT2D eigenvalue weighted by molar-refractivity contribution is 7.91. The fourth-order valence-electron chi connectivity index (χ4n) is 3.25. The summed E-state index contributed by atoms with van der Waals surface area (Å²) in [4.78, 5) is 26.4. The van der Waals surface area contributed by atoms with Crippen LogP contribution in [0.3, 0.4) is 0 Å². The summed E-state index contributed by atoms with van der Waals surface area (Å²) < 4.78 is 23.4. The first-order chi connectivity index (χ1) is 9.80. The van der Waals surface area contributed by atoms with E-state index in [1.54, 1.807) is 11.8 Å². The Morgan fingerprint density at radius 1 is 1.29 bits per heavy atom. The number of hydrogen-bond donors (Lipinski definition) is 1. The Bertz CT molecular complexity index is 523. The van der Waals surface area contributed by atoms with Crippen LogP contribution in [-0.4, -0.2) is 54.8 Å². The summed E-state index contributed by atoms with van der Waals surface area (Å²) in [6.45, 7) is 3.59. The maximum Gasteiger partial charge on any atom is 0.248 e. The van der Waals surface area contributed by atoms with Gasteiger partial charge in [0.2, 0.25) is 11.8 Å². The summed E-state index contributed by atoms with van der Waals surface area (Å²) in [7, 11) is -3.13. The second-order valence-electron chi connectivity index (χ2n) is 6.13. The van der Waals surface area contributed by atoms with Crippen molar-refractivity contribution in [1.29, 1.82) is 0 Å². The summed E-state index contributed by atoms with van der Waals surface area (Å²) in [6, 6.07) is -0.260. The minimum Gasteiger partial charge on any atom is -0.342 e. The van der Waals surface area contributed by atoms with Gasteiger partial charge in [0.15, 0.2) is 9.84 Å². The number of rotatable bonds is 4. The maximum absolute atomic E-state index is 12.8. The van der Waals surface area contributed by atoms with Gasteiger partial charge in [-0.05, 0) is 19.8 Å². The van der Waals surface area contributed by atoms with E-state index in [4.69, 9.17) is 0 Å². The van der Waals surface area contributed by atoms with Crippen LogP contribution in [0.15, 0.2) is 0 Å². The first-order valence-corrected chi connectivity index (χ1v) is 9.44. The van der Waals surface area contributed by atoms with Crippen LogP contribution < -0.4 is 5.32 Å². The van der Waals surface area contributed by atoms with Crippen LogP contribution in [-0.2, 0) is 19.4 Å². The Morgan fingerprint density at radius 2 is 1.90 bits per heavy atom. The largest absolute Gasteiger partial charge is 0.342 e. The molecule has 0 aromatic carbocycles. The van der Waals surface area contributed by atoms with Gasteiger partial charge in [-0.3, -0.25) is 9.59 Å². The zero-order valence-corrected chi connectivity index (χ0v) is 13.5. The molecule has 0 aromatic rings. The highest BCUT2D eigenvalue weighted by Gasteiger charge is 2.48. The third-order valence-electron chi connectivity index (χ3n) is 4.60. The van der Waals surface area contributed by atoms with Gasteiger partial charge in [0.25, 0.3) is 0 Å². The molecule has 2 fully saturated rings. The van der Waals surface area contributed by atoms with Crippen molar-refractivity contribution in [2.45, 2.75) is 57.5 Å². The molecule has 21 heavy (non-hydrogen) atoms. The van der Waals surface area contributed by atoms with Gasteiger partial charge in [-0.15, -0.1) is 0 Å². The van der Waals surface area contributed by atoms with E-state index in [9.17, 15) is 18.0 Å². The molecule has 1 heterocycles. The van der Waals surface area contributed by atoms with Gasteiger partial charge in [-0.2, -0.15) is 0 Å². The molecule has 1 aliphatic heterocycles. The Labute approximate surface area is 126 Å². The zero-order valence-electron chi connectivity index (χ0n) is 12.7. The van der Waals surface area contributed by atoms with Crippen LogP contribution >= 0.6 is 0 Å². The van der Waals surface area contributed by atoms with E-state index in [1.807, 2.05) is 6.92 Å². The van der Waals surface area contributed by atoms with Crippen LogP contribution in [0.4, 0.5) is 0 Å². The first kappa shape index (κ1) is 16.3. The summed E-state index contributed by atoms with van der Waals surface area (Å²) in [5.74, 6) is -0.182. The van der Waals surface area contributed by atoms with Crippen LogP contribution in [0.5, 0.6) is 0 Å². The molecule has 2 aliphatic rings. The Balaban J connectivity index is 2.21. The number of carbonyl (C=O) groups is 2. The highest BCUT2D eigenvalue weighted by atomic mass is 32.2. The van der Waals surface area contributed by atoms with Crippen molar-refractivity contribution in [3.05, 3.63) is 0 Å². The van der Waals surface area contributed by atoms with Crippen molar-refractivity contribution < 1.29 is 18.0 Å². The molecule has 1 saturated heterocycles. The smallest absolute Gasteiger partial charge is 0.248 e. The van der Waals surface area contributed by atoms with E-state index < -0.39 is 15.4 Å². The number of hydrogen-bond acceptors (Lipinski definition) is 4. The monoisotopic (exact) mass is 316 g/mol. The third-order valence-corrected chi connectivity index (χ3v) is 6.29. The quantitative estimate of drug-likeness (QED) is 0.817. The molecule has 6 nitrogen and oxygen atoms in total. The third kappa shape index (κ3) is 3.39. The molecule has 1 saturated carbocycles. The predicted molar refractivity (Wildman–Crippen MR) is 79.5 cm³/mol. The topological polar surface area (TPSA) is 83.6 Å². The van der Waals surface area contributed by atoms with Gasteiger partial charge in [-0.25, -0.2) is 8.42 Å². The lowest BCUT2D eigenvalue weighted by Crippen LogP contribution is -2.56. The Kier molecular flexibility index (Phi) is 4.60. The Hall–Kier alpha value is -1.11. The van der Waals surface area contributed by atoms with E-state index in [2.05, 4.69) is 5.32 Å². The molecule has 1 aliphatic carbocycles. The van der Waals surface area contributed by atoms with Crippen molar-refractivity contribution in [3.8, 4) is 0 Å². The van der Waals surface area contributed by atoms with Crippen molar-refractivity contribution in [2.24, 2.45) is 0 Å². The number of nitrogens with one attached hydrogen (secondary N) is 1. The fourth-order valence-corrected chi connectivity index (χ4v) is 4.01. The van der Waals surface area contributed by atoms with Crippen molar-refractivity contribution in [3.63, 3.8) is 0 Å². The van der Waals surface area contributed by atoms with E-state index in [-0.39, 0.29) is 42.3 Å². The second kappa shape index (κ2) is 5.94. The first-order valence-electron chi connectivity index (χ1n) is 7.62. The lowest BCUT2D eigenvalue weighted by Gasteiger charge is -2.34. The van der Waals surface area contributed by atoms with Crippen LogP contribution in [0, 0.1) is 0 Å². The van der Waals surface area contributed by atoms with Crippen molar-refractivity contribution in [2.75, 3.05) is 18.1 Å². The van der Waals surface area contributed by atoms with Gasteiger partial charge in [-0.1, -0.05) is 19.8 Å². The van der Waals surface area contributed by atoms with Crippen LogP contribution in [0.1, 0.15) is 46.0 Å². The summed E-state index contributed by atoms with van der Waals surface area (Å²) in [5, 5.41) is 2.90. The second-order valence-corrected chi connectivity index (χ2v) is 8.60. The molecular formula is C14H24N2O4S. The SMILES string of the molecule is CCS(=O)(=O)CCN1C(=O)C2(CCCC2)NC(=O)CC1C. The molecule has 0 aromatic heterocycles. The van der Waals surface area contributed by atoms with Gasteiger partial charge in [0, 0.05) is 24.8 Å². The van der Waals surface area contributed by atoms with E-state index in [1.165, 1.54) is 0 Å². The summed E-state index contributed by atoms with van der Waals surface area (Å²) in [5.41, 5.74) is -0.794. The summed E-state index contributed by atoms with van der Waals surface area (Å²) >= 11 is 0. The van der Waals surface area contributed by atoms with Gasteiger partial charge < -0.3 is 10.2 Å². The molecule has 2 rings (SSSR count). The van der Waals surface area contributed by atoms with Crippen molar-refractivity contribution in [1.82, 2.24) is 10.2 Å². The molecule has 1 unspecified atom stereocenters. The zero-order chi connectivity index (χ0) is 15.7. The minimum absolute atomic E-state index is 0.0378. The van der Waals surface area contributed by atoms with E-state index in [0.717, 1.165) is 12.8 Å². The van der Waals surface area contributed by atoms with Gasteiger partial charge in [0.05, 0.1) is 5.75 Å². The standard InChI is InChI=1S/C14H24N2O4S/c1-3-21(19,20)9-8-16-11(2)10-12(17)15-14(13(16)18)6-4-5-7-14/h11H,3-10H2,1-2H3,(H,15,17). The van der Waals surface area contributed by atoms with Gasteiger partial charge in [0.1, 0.15) is 5.54 Å². The predicted octanol–water partition coefficient (Wildman–Crippen LogP) is 0.471. The van der Waals surface area contributed by atoms with E-state index >= 15 is 0 Å². The number of nitrogens with zero attached hydrogens (tertiary/aromatic N) is 1. The average Bonchev–Trinajstić information content (AvgIpc) is 2.84. The highest BCUT2D eigenvalue weighted by Crippen LogP contribution is 2.34. The molecule has 2 amide bonds. The number of amides is 2. The normalized spacial score (nSPS) is 26.0. The molecule has 1 N–H and O–H groups in total. The lowest BCUT2D eigenvalue weighted by molar-refractivity contribution is -0.139. The molecule has 0 radical (unpaired) electrons. The minimum atomic E-state index is -3.13. The van der Waals surface area contributed by atoms with E-state index in [0.29, 0.717) is 12.8 Å². The number of sulfone groups is 1.